The summed E-state index contributed by atoms with van der Waals surface area (Å²) in [4.78, 5) is 24.9. The Bertz CT molecular complexity index is 535. The molecule has 1 aliphatic heterocycles. The largest absolute Gasteiger partial charge is 0.481 e. The van der Waals surface area contributed by atoms with E-state index in [1.54, 1.807) is 23.6 Å². The monoisotopic (exact) mass is 297 g/mol. The summed E-state index contributed by atoms with van der Waals surface area (Å²) in [5.74, 6) is -0.0663. The molecule has 1 fully saturated rings. The summed E-state index contributed by atoms with van der Waals surface area (Å²) in [6.07, 6.45) is -0.0566. The molecule has 1 aromatic carbocycles. The van der Waals surface area contributed by atoms with Crippen LogP contribution in [0.1, 0.15) is 22.3 Å². The summed E-state index contributed by atoms with van der Waals surface area (Å²) in [5.41, 5.74) is 0.822. The molecule has 1 aromatic rings. The van der Waals surface area contributed by atoms with Crippen molar-refractivity contribution in [2.45, 2.75) is 19.4 Å². The van der Waals surface area contributed by atoms with E-state index >= 15 is 0 Å². The summed E-state index contributed by atoms with van der Waals surface area (Å²) in [7, 11) is 0. The van der Waals surface area contributed by atoms with Gasteiger partial charge in [0.05, 0.1) is 12.5 Å². The van der Waals surface area contributed by atoms with Crippen molar-refractivity contribution < 1.29 is 19.1 Å². The maximum Gasteiger partial charge on any atom is 0.305 e. The van der Waals surface area contributed by atoms with Crippen molar-refractivity contribution in [3.05, 3.63) is 35.1 Å². The molecule has 0 bridgehead atoms. The number of carbonyl (C=O) groups is 2. The maximum absolute atomic E-state index is 13.2. The molecule has 0 aromatic heterocycles. The first-order chi connectivity index (χ1) is 9.49. The van der Waals surface area contributed by atoms with Gasteiger partial charge in [-0.15, -0.1) is 0 Å². The van der Waals surface area contributed by atoms with Crippen molar-refractivity contribution in [2.24, 2.45) is 0 Å². The van der Waals surface area contributed by atoms with Crippen molar-refractivity contribution >= 4 is 23.6 Å². The van der Waals surface area contributed by atoms with Crippen LogP contribution in [0.5, 0.6) is 0 Å². The summed E-state index contributed by atoms with van der Waals surface area (Å²) >= 11 is 1.65. The topological polar surface area (TPSA) is 57.6 Å². The van der Waals surface area contributed by atoms with Gasteiger partial charge in [-0.25, -0.2) is 4.39 Å². The molecule has 0 spiro atoms. The van der Waals surface area contributed by atoms with Crippen LogP contribution >= 0.6 is 11.8 Å². The molecular formula is C14H16FNO3S. The molecule has 1 atom stereocenters. The zero-order valence-corrected chi connectivity index (χ0v) is 12.0. The van der Waals surface area contributed by atoms with Crippen LogP contribution in [-0.2, 0) is 4.79 Å². The molecular weight excluding hydrogens is 281 g/mol. The quantitative estimate of drug-likeness (QED) is 0.929. The van der Waals surface area contributed by atoms with Gasteiger partial charge < -0.3 is 10.0 Å². The van der Waals surface area contributed by atoms with E-state index in [0.717, 1.165) is 5.75 Å². The second-order valence-electron chi connectivity index (χ2n) is 4.79. The first-order valence-electron chi connectivity index (χ1n) is 6.35. The maximum atomic E-state index is 13.2. The van der Waals surface area contributed by atoms with Gasteiger partial charge in [0, 0.05) is 23.6 Å². The van der Waals surface area contributed by atoms with Crippen LogP contribution in [0.3, 0.4) is 0 Å². The van der Waals surface area contributed by atoms with Gasteiger partial charge in [0.1, 0.15) is 5.82 Å². The van der Waals surface area contributed by atoms with E-state index in [4.69, 9.17) is 5.11 Å². The minimum Gasteiger partial charge on any atom is -0.481 e. The molecule has 1 heterocycles. The molecule has 20 heavy (non-hydrogen) atoms. The molecule has 1 N–H and O–H groups in total. The summed E-state index contributed by atoms with van der Waals surface area (Å²) in [5, 5.41) is 8.92. The molecule has 0 aliphatic carbocycles. The number of thioether (sulfide) groups is 1. The number of rotatable bonds is 3. The minimum atomic E-state index is -0.911. The molecule has 0 radical (unpaired) electrons. The Morgan fingerprint density at radius 1 is 1.50 bits per heavy atom. The highest BCUT2D eigenvalue weighted by atomic mass is 32.2. The SMILES string of the molecule is Cc1cc(C(=O)N2CCSCC2CC(=O)O)ccc1F. The average molecular weight is 297 g/mol. The number of hydrogen-bond acceptors (Lipinski definition) is 3. The number of carboxylic acids is 1. The second kappa shape index (κ2) is 6.26. The fourth-order valence-electron chi connectivity index (χ4n) is 2.24. The number of nitrogens with zero attached hydrogens (tertiary/aromatic N) is 1. The summed E-state index contributed by atoms with van der Waals surface area (Å²) in [6.45, 7) is 2.13. The molecule has 1 unspecified atom stereocenters. The van der Waals surface area contributed by atoms with E-state index < -0.39 is 5.97 Å². The normalized spacial score (nSPS) is 18.9. The first kappa shape index (κ1) is 14.8. The van der Waals surface area contributed by atoms with Crippen molar-refractivity contribution in [1.29, 1.82) is 0 Å². The van der Waals surface area contributed by atoms with E-state index in [9.17, 15) is 14.0 Å². The highest BCUT2D eigenvalue weighted by Crippen LogP contribution is 2.22. The Morgan fingerprint density at radius 2 is 2.25 bits per heavy atom. The number of hydrogen-bond donors (Lipinski definition) is 1. The third-order valence-corrected chi connectivity index (χ3v) is 4.40. The van der Waals surface area contributed by atoms with Crippen molar-refractivity contribution in [3.63, 3.8) is 0 Å². The number of aliphatic carboxylic acids is 1. The van der Waals surface area contributed by atoms with E-state index in [-0.39, 0.29) is 24.2 Å². The van der Waals surface area contributed by atoms with E-state index in [2.05, 4.69) is 0 Å². The predicted molar refractivity (Wildman–Crippen MR) is 75.5 cm³/mol. The fourth-order valence-corrected chi connectivity index (χ4v) is 3.30. The van der Waals surface area contributed by atoms with Crippen LogP contribution in [0.25, 0.3) is 0 Å². The Balaban J connectivity index is 2.20. The van der Waals surface area contributed by atoms with Crippen LogP contribution in [-0.4, -0.2) is 46.0 Å². The van der Waals surface area contributed by atoms with Gasteiger partial charge >= 0.3 is 5.97 Å². The van der Waals surface area contributed by atoms with Crippen LogP contribution in [0.2, 0.25) is 0 Å². The number of amides is 1. The minimum absolute atomic E-state index is 0.0566. The number of halogens is 1. The average Bonchev–Trinajstić information content (AvgIpc) is 2.41. The Kier molecular flexibility index (Phi) is 4.65. The molecule has 6 heteroatoms. The lowest BCUT2D eigenvalue weighted by atomic mass is 10.1. The van der Waals surface area contributed by atoms with Crippen molar-refractivity contribution in [3.8, 4) is 0 Å². The van der Waals surface area contributed by atoms with Gasteiger partial charge in [0.2, 0.25) is 0 Å². The van der Waals surface area contributed by atoms with Crippen molar-refractivity contribution in [1.82, 2.24) is 4.90 Å². The lowest BCUT2D eigenvalue weighted by molar-refractivity contribution is -0.138. The summed E-state index contributed by atoms with van der Waals surface area (Å²) in [6, 6.07) is 3.93. The molecule has 2 rings (SSSR count). The van der Waals surface area contributed by atoms with Gasteiger partial charge in [-0.3, -0.25) is 9.59 Å². The zero-order chi connectivity index (χ0) is 14.7. The fraction of sp³-hybridized carbons (Fsp3) is 0.429. The first-order valence-corrected chi connectivity index (χ1v) is 7.51. The van der Waals surface area contributed by atoms with Gasteiger partial charge in [0.15, 0.2) is 0 Å². The van der Waals surface area contributed by atoms with E-state index in [0.29, 0.717) is 23.4 Å². The Labute approximate surface area is 121 Å². The predicted octanol–water partition coefficient (Wildman–Crippen LogP) is 2.17. The van der Waals surface area contributed by atoms with Crippen LogP contribution in [0.4, 0.5) is 4.39 Å². The van der Waals surface area contributed by atoms with Crippen LogP contribution in [0, 0.1) is 12.7 Å². The molecule has 1 saturated heterocycles. The van der Waals surface area contributed by atoms with Gasteiger partial charge in [-0.2, -0.15) is 11.8 Å². The summed E-state index contributed by atoms with van der Waals surface area (Å²) < 4.78 is 13.2. The molecule has 108 valence electrons. The lowest BCUT2D eigenvalue weighted by Gasteiger charge is -2.34. The number of carboxylic acid groups (broad SMARTS) is 1. The van der Waals surface area contributed by atoms with E-state index in [1.807, 2.05) is 0 Å². The highest BCUT2D eigenvalue weighted by molar-refractivity contribution is 7.99. The molecule has 4 nitrogen and oxygen atoms in total. The Hall–Kier alpha value is -1.56. The number of aryl methyl sites for hydroxylation is 1. The third kappa shape index (κ3) is 3.30. The zero-order valence-electron chi connectivity index (χ0n) is 11.1. The van der Waals surface area contributed by atoms with Crippen LogP contribution < -0.4 is 0 Å². The van der Waals surface area contributed by atoms with E-state index in [1.165, 1.54) is 18.2 Å². The van der Waals surface area contributed by atoms with Gasteiger partial charge in [-0.05, 0) is 30.7 Å². The molecule has 1 aliphatic rings. The third-order valence-electron chi connectivity index (χ3n) is 3.30. The Morgan fingerprint density at radius 3 is 2.90 bits per heavy atom. The molecule has 0 saturated carbocycles. The smallest absolute Gasteiger partial charge is 0.305 e. The molecule has 1 amide bonds. The number of benzene rings is 1. The van der Waals surface area contributed by atoms with Gasteiger partial charge in [-0.1, -0.05) is 0 Å². The standard InChI is InChI=1S/C14H16FNO3S/c1-9-6-10(2-3-12(9)15)14(19)16-4-5-20-8-11(16)7-13(17)18/h2-3,6,11H,4-5,7-8H2,1H3,(H,17,18). The van der Waals surface area contributed by atoms with Crippen LogP contribution in [0.15, 0.2) is 18.2 Å². The van der Waals surface area contributed by atoms with Crippen molar-refractivity contribution in [2.75, 3.05) is 18.1 Å². The highest BCUT2D eigenvalue weighted by Gasteiger charge is 2.29. The van der Waals surface area contributed by atoms with Gasteiger partial charge in [0.25, 0.3) is 5.91 Å². The second-order valence-corrected chi connectivity index (χ2v) is 5.94. The lowest BCUT2D eigenvalue weighted by Crippen LogP contribution is -2.47. The number of carbonyl (C=O) groups excluding carboxylic acids is 1.